The Morgan fingerprint density at radius 1 is 1.38 bits per heavy atom. The predicted octanol–water partition coefficient (Wildman–Crippen LogP) is 0.311. The molecule has 0 bridgehead atoms. The summed E-state index contributed by atoms with van der Waals surface area (Å²) in [7, 11) is 0. The van der Waals surface area contributed by atoms with Crippen molar-refractivity contribution in [1.82, 2.24) is 0 Å². The highest BCUT2D eigenvalue weighted by Crippen LogP contribution is 1.96. The monoisotopic (exact) mass is 189 g/mol. The summed E-state index contributed by atoms with van der Waals surface area (Å²) in [5, 5.41) is 15.8. The molecule has 1 atom stereocenters. The van der Waals surface area contributed by atoms with Gasteiger partial charge in [-0.25, -0.2) is 4.79 Å². The van der Waals surface area contributed by atoms with Crippen LogP contribution in [0.2, 0.25) is 0 Å². The van der Waals surface area contributed by atoms with Crippen LogP contribution in [0.15, 0.2) is 12.7 Å². The van der Waals surface area contributed by atoms with E-state index in [0.29, 0.717) is 0 Å². The number of hydrogen-bond acceptors (Lipinski definition) is 3. The molecule has 0 fully saturated rings. The minimum atomic E-state index is -0.981. The highest BCUT2D eigenvalue weighted by molar-refractivity contribution is 5.78. The Hall–Kier alpha value is -1.36. The molecule has 0 heterocycles. The SMILES string of the molecule is C=CC(=O)O.CC(C)[C@H](N)C(=O)O. The van der Waals surface area contributed by atoms with E-state index in [1.165, 1.54) is 0 Å². The van der Waals surface area contributed by atoms with Crippen LogP contribution in [0.25, 0.3) is 0 Å². The number of nitrogens with two attached hydrogens (primary N) is 1. The van der Waals surface area contributed by atoms with Crippen LogP contribution in [0.3, 0.4) is 0 Å². The molecule has 0 unspecified atom stereocenters. The first-order valence-electron chi connectivity index (χ1n) is 3.66. The molecule has 0 aliphatic rings. The van der Waals surface area contributed by atoms with Crippen molar-refractivity contribution < 1.29 is 19.8 Å². The van der Waals surface area contributed by atoms with E-state index >= 15 is 0 Å². The molecule has 0 spiro atoms. The smallest absolute Gasteiger partial charge is 0.327 e. The fourth-order valence-corrected chi connectivity index (χ4v) is 0.285. The second-order valence-corrected chi connectivity index (χ2v) is 2.65. The molecule has 5 nitrogen and oxygen atoms in total. The molecule has 0 aromatic rings. The van der Waals surface area contributed by atoms with Gasteiger partial charge in [0.1, 0.15) is 6.04 Å². The van der Waals surface area contributed by atoms with Crippen molar-refractivity contribution >= 4 is 11.9 Å². The van der Waals surface area contributed by atoms with E-state index in [9.17, 15) is 9.59 Å². The summed E-state index contributed by atoms with van der Waals surface area (Å²) in [6.45, 7) is 6.51. The maximum absolute atomic E-state index is 10.0. The Morgan fingerprint density at radius 3 is 1.69 bits per heavy atom. The number of carboxylic acids is 2. The third-order valence-electron chi connectivity index (χ3n) is 1.18. The van der Waals surface area contributed by atoms with Gasteiger partial charge in [-0.05, 0) is 5.92 Å². The number of rotatable bonds is 3. The fraction of sp³-hybridized carbons (Fsp3) is 0.500. The maximum atomic E-state index is 10.0. The highest BCUT2D eigenvalue weighted by atomic mass is 16.4. The van der Waals surface area contributed by atoms with Crippen LogP contribution in [-0.2, 0) is 9.59 Å². The van der Waals surface area contributed by atoms with Gasteiger partial charge in [-0.3, -0.25) is 4.79 Å². The molecule has 5 heteroatoms. The van der Waals surface area contributed by atoms with E-state index in [-0.39, 0.29) is 5.92 Å². The minimum absolute atomic E-state index is 0.0208. The summed E-state index contributed by atoms with van der Waals surface area (Å²) in [4.78, 5) is 19.3. The molecule has 4 N–H and O–H groups in total. The lowest BCUT2D eigenvalue weighted by Gasteiger charge is -2.07. The summed E-state index contributed by atoms with van der Waals surface area (Å²) in [6.07, 6.45) is 0.833. The predicted molar refractivity (Wildman–Crippen MR) is 48.3 cm³/mol. The van der Waals surface area contributed by atoms with Gasteiger partial charge in [0.05, 0.1) is 0 Å². The summed E-state index contributed by atoms with van der Waals surface area (Å²) in [6, 6.07) is -0.713. The van der Waals surface area contributed by atoms with Crippen LogP contribution in [0.4, 0.5) is 0 Å². The Morgan fingerprint density at radius 2 is 1.69 bits per heavy atom. The Bertz CT molecular complexity index is 189. The van der Waals surface area contributed by atoms with Crippen molar-refractivity contribution in [2.24, 2.45) is 11.7 Å². The van der Waals surface area contributed by atoms with Gasteiger partial charge in [0.15, 0.2) is 0 Å². The number of aliphatic carboxylic acids is 2. The fourth-order valence-electron chi connectivity index (χ4n) is 0.285. The summed E-state index contributed by atoms with van der Waals surface area (Å²) >= 11 is 0. The van der Waals surface area contributed by atoms with Crippen LogP contribution < -0.4 is 5.73 Å². The van der Waals surface area contributed by atoms with Gasteiger partial charge in [0, 0.05) is 6.08 Å². The van der Waals surface area contributed by atoms with E-state index < -0.39 is 18.0 Å². The largest absolute Gasteiger partial charge is 0.480 e. The van der Waals surface area contributed by atoms with Crippen LogP contribution in [-0.4, -0.2) is 28.2 Å². The molecule has 13 heavy (non-hydrogen) atoms. The molecular weight excluding hydrogens is 174 g/mol. The molecule has 0 aliphatic heterocycles. The molecule has 0 saturated carbocycles. The molecule has 0 amide bonds. The van der Waals surface area contributed by atoms with Gasteiger partial charge in [-0.2, -0.15) is 0 Å². The number of carbonyl (C=O) groups is 2. The van der Waals surface area contributed by atoms with Crippen molar-refractivity contribution in [3.8, 4) is 0 Å². The normalized spacial score (nSPS) is 11.1. The highest BCUT2D eigenvalue weighted by Gasteiger charge is 2.14. The van der Waals surface area contributed by atoms with Crippen molar-refractivity contribution in [2.45, 2.75) is 19.9 Å². The van der Waals surface area contributed by atoms with Gasteiger partial charge < -0.3 is 15.9 Å². The zero-order chi connectivity index (χ0) is 11.0. The standard InChI is InChI=1S/C5H11NO2.C3H4O2/c1-3(2)4(6)5(7)8;1-2-3(4)5/h3-4H,6H2,1-2H3,(H,7,8);2H,1H2,(H,4,5)/t4-;/m0./s1. The first-order chi connectivity index (χ1) is 5.82. The average molecular weight is 189 g/mol. The molecule has 0 aromatic carbocycles. The lowest BCUT2D eigenvalue weighted by molar-refractivity contribution is -0.139. The molecule has 0 radical (unpaired) electrons. The van der Waals surface area contributed by atoms with E-state index in [0.717, 1.165) is 6.08 Å². The van der Waals surface area contributed by atoms with Crippen LogP contribution in [0, 0.1) is 5.92 Å². The van der Waals surface area contributed by atoms with Crippen molar-refractivity contribution in [3.63, 3.8) is 0 Å². The van der Waals surface area contributed by atoms with Gasteiger partial charge in [0.2, 0.25) is 0 Å². The van der Waals surface area contributed by atoms with Crippen LogP contribution in [0.1, 0.15) is 13.8 Å². The lowest BCUT2D eigenvalue weighted by atomic mass is 10.1. The molecule has 0 aliphatic carbocycles. The van der Waals surface area contributed by atoms with Crippen molar-refractivity contribution in [1.29, 1.82) is 0 Å². The second-order valence-electron chi connectivity index (χ2n) is 2.65. The molecule has 0 rings (SSSR count). The van der Waals surface area contributed by atoms with Gasteiger partial charge in [0.25, 0.3) is 0 Å². The average Bonchev–Trinajstić information content (AvgIpc) is 2.03. The Labute approximate surface area is 76.9 Å². The van der Waals surface area contributed by atoms with E-state index in [2.05, 4.69) is 6.58 Å². The topological polar surface area (TPSA) is 101 Å². The summed E-state index contributed by atoms with van der Waals surface area (Å²) < 4.78 is 0. The van der Waals surface area contributed by atoms with Gasteiger partial charge in [-0.1, -0.05) is 20.4 Å². The molecule has 76 valence electrons. The quantitative estimate of drug-likeness (QED) is 0.555. The molecular formula is C8H15NO4. The Kier molecular flexibility index (Phi) is 7.96. The summed E-state index contributed by atoms with van der Waals surface area (Å²) in [5.74, 6) is -1.89. The Balaban J connectivity index is 0. The number of hydrogen-bond donors (Lipinski definition) is 3. The van der Waals surface area contributed by atoms with E-state index in [1.54, 1.807) is 13.8 Å². The minimum Gasteiger partial charge on any atom is -0.480 e. The number of carboxylic acid groups (broad SMARTS) is 2. The first kappa shape index (κ1) is 14.2. The first-order valence-corrected chi connectivity index (χ1v) is 3.66. The third-order valence-corrected chi connectivity index (χ3v) is 1.18. The van der Waals surface area contributed by atoms with Crippen LogP contribution >= 0.6 is 0 Å². The summed E-state index contributed by atoms with van der Waals surface area (Å²) in [5.41, 5.74) is 5.16. The third kappa shape index (κ3) is 10.6. The lowest BCUT2D eigenvalue weighted by Crippen LogP contribution is -2.34. The van der Waals surface area contributed by atoms with Crippen LogP contribution in [0.5, 0.6) is 0 Å². The zero-order valence-corrected chi connectivity index (χ0v) is 7.73. The zero-order valence-electron chi connectivity index (χ0n) is 7.73. The van der Waals surface area contributed by atoms with Gasteiger partial charge in [-0.15, -0.1) is 0 Å². The molecule has 0 aromatic heterocycles. The van der Waals surface area contributed by atoms with E-state index in [4.69, 9.17) is 15.9 Å². The van der Waals surface area contributed by atoms with E-state index in [1.807, 2.05) is 0 Å². The van der Waals surface area contributed by atoms with Crippen molar-refractivity contribution in [2.75, 3.05) is 0 Å². The molecule has 0 saturated heterocycles. The maximum Gasteiger partial charge on any atom is 0.327 e. The second kappa shape index (κ2) is 7.30. The van der Waals surface area contributed by atoms with Gasteiger partial charge >= 0.3 is 11.9 Å². The van der Waals surface area contributed by atoms with Crippen molar-refractivity contribution in [3.05, 3.63) is 12.7 Å².